The molecule has 3 amide bonds. The molecule has 0 unspecified atom stereocenters. The monoisotopic (exact) mass is 393 g/mol. The van der Waals surface area contributed by atoms with Crippen LogP contribution in [0.5, 0.6) is 0 Å². The molecule has 2 aliphatic heterocycles. The molecule has 0 spiro atoms. The summed E-state index contributed by atoms with van der Waals surface area (Å²) < 4.78 is 5.34. The molecule has 0 radical (unpaired) electrons. The van der Waals surface area contributed by atoms with Crippen LogP contribution in [0.3, 0.4) is 0 Å². The molecule has 6 heteroatoms. The van der Waals surface area contributed by atoms with Gasteiger partial charge in [-0.15, -0.1) is 0 Å². The van der Waals surface area contributed by atoms with E-state index in [9.17, 15) is 9.59 Å². The van der Waals surface area contributed by atoms with E-state index in [0.29, 0.717) is 32.8 Å². The normalized spacial score (nSPS) is 19.2. The molecule has 2 aromatic rings. The fourth-order valence-electron chi connectivity index (χ4n) is 4.06. The molecule has 1 N–H and O–H groups in total. The number of carbonyl (C=O) groups excluding carboxylic acids is 2. The van der Waals surface area contributed by atoms with E-state index >= 15 is 0 Å². The van der Waals surface area contributed by atoms with Gasteiger partial charge in [-0.3, -0.25) is 4.79 Å². The van der Waals surface area contributed by atoms with E-state index in [2.05, 4.69) is 17.4 Å². The van der Waals surface area contributed by atoms with Crippen LogP contribution in [0.1, 0.15) is 24.0 Å². The molecule has 0 bridgehead atoms. The molecular formula is C23H27N3O3. The highest BCUT2D eigenvalue weighted by atomic mass is 16.5. The summed E-state index contributed by atoms with van der Waals surface area (Å²) in [6, 6.07) is 17.5. The molecule has 4 rings (SSSR count). The number of benzene rings is 2. The Morgan fingerprint density at radius 2 is 1.69 bits per heavy atom. The first-order chi connectivity index (χ1) is 14.2. The zero-order valence-electron chi connectivity index (χ0n) is 16.5. The Hall–Kier alpha value is -2.86. The van der Waals surface area contributed by atoms with Crippen molar-refractivity contribution in [2.45, 2.75) is 25.3 Å². The summed E-state index contributed by atoms with van der Waals surface area (Å²) in [5.74, 6) is 0.0403. The number of nitrogens with one attached hydrogen (secondary N) is 1. The first-order valence-corrected chi connectivity index (χ1v) is 10.3. The van der Waals surface area contributed by atoms with Gasteiger partial charge in [-0.1, -0.05) is 48.5 Å². The second-order valence-electron chi connectivity index (χ2n) is 7.54. The molecule has 0 saturated carbocycles. The minimum Gasteiger partial charge on any atom is -0.378 e. The zero-order chi connectivity index (χ0) is 20.1. The van der Waals surface area contributed by atoms with E-state index in [-0.39, 0.29) is 18.0 Å². The van der Waals surface area contributed by atoms with Crippen LogP contribution in [-0.4, -0.2) is 60.6 Å². The van der Waals surface area contributed by atoms with Crippen molar-refractivity contribution in [3.8, 4) is 0 Å². The van der Waals surface area contributed by atoms with Gasteiger partial charge in [0, 0.05) is 25.3 Å². The van der Waals surface area contributed by atoms with Gasteiger partial charge in [-0.25, -0.2) is 4.79 Å². The standard InChI is InChI=1S/C23H27N3O3/c27-22(25-13-15-29-16-14-25)21-11-6-12-26(21)23(28)24-20-10-5-4-9-19(20)17-18-7-2-1-3-8-18/h1-5,7-10,21H,6,11-17H2,(H,24,28)/t21-/m0/s1. The van der Waals surface area contributed by atoms with Crippen LogP contribution in [0.25, 0.3) is 0 Å². The van der Waals surface area contributed by atoms with Crippen LogP contribution in [0.15, 0.2) is 54.6 Å². The largest absolute Gasteiger partial charge is 0.378 e. The lowest BCUT2D eigenvalue weighted by Crippen LogP contribution is -2.51. The molecule has 152 valence electrons. The number of urea groups is 1. The summed E-state index contributed by atoms with van der Waals surface area (Å²) >= 11 is 0. The van der Waals surface area contributed by atoms with Gasteiger partial charge in [-0.05, 0) is 36.5 Å². The third kappa shape index (κ3) is 4.59. The average Bonchev–Trinajstić information content (AvgIpc) is 3.26. The fraction of sp³-hybridized carbons (Fsp3) is 0.391. The Kier molecular flexibility index (Phi) is 6.10. The lowest BCUT2D eigenvalue weighted by Gasteiger charge is -2.32. The summed E-state index contributed by atoms with van der Waals surface area (Å²) in [6.45, 7) is 2.94. The molecular weight excluding hydrogens is 366 g/mol. The molecule has 2 saturated heterocycles. The lowest BCUT2D eigenvalue weighted by atomic mass is 10.0. The van der Waals surface area contributed by atoms with Gasteiger partial charge in [-0.2, -0.15) is 0 Å². The summed E-state index contributed by atoms with van der Waals surface area (Å²) in [5, 5.41) is 3.05. The van der Waals surface area contributed by atoms with E-state index in [1.807, 2.05) is 47.4 Å². The highest BCUT2D eigenvalue weighted by molar-refractivity contribution is 5.94. The topological polar surface area (TPSA) is 61.9 Å². The molecule has 29 heavy (non-hydrogen) atoms. The second-order valence-corrected chi connectivity index (χ2v) is 7.54. The molecule has 0 aromatic heterocycles. The number of rotatable bonds is 4. The Morgan fingerprint density at radius 1 is 0.966 bits per heavy atom. The molecule has 6 nitrogen and oxygen atoms in total. The van der Waals surface area contributed by atoms with Gasteiger partial charge in [0.05, 0.1) is 13.2 Å². The third-order valence-corrected chi connectivity index (χ3v) is 5.62. The van der Waals surface area contributed by atoms with Gasteiger partial charge < -0.3 is 19.9 Å². The van der Waals surface area contributed by atoms with Crippen molar-refractivity contribution >= 4 is 17.6 Å². The van der Waals surface area contributed by atoms with E-state index in [0.717, 1.165) is 30.5 Å². The number of ether oxygens (including phenoxy) is 1. The first kappa shape index (κ1) is 19.5. The maximum absolute atomic E-state index is 13.0. The minimum absolute atomic E-state index is 0.0403. The zero-order valence-corrected chi connectivity index (χ0v) is 16.5. The predicted molar refractivity (Wildman–Crippen MR) is 112 cm³/mol. The van der Waals surface area contributed by atoms with Crippen molar-refractivity contribution < 1.29 is 14.3 Å². The summed E-state index contributed by atoms with van der Waals surface area (Å²) in [6.07, 6.45) is 2.31. The predicted octanol–water partition coefficient (Wildman–Crippen LogP) is 3.13. The number of anilines is 1. The van der Waals surface area contributed by atoms with Crippen LogP contribution in [0.4, 0.5) is 10.5 Å². The highest BCUT2D eigenvalue weighted by Crippen LogP contribution is 2.24. The Balaban J connectivity index is 1.45. The third-order valence-electron chi connectivity index (χ3n) is 5.62. The van der Waals surface area contributed by atoms with Gasteiger partial charge in [0.25, 0.3) is 0 Å². The molecule has 2 fully saturated rings. The van der Waals surface area contributed by atoms with E-state index in [1.54, 1.807) is 4.90 Å². The van der Waals surface area contributed by atoms with Crippen LogP contribution in [-0.2, 0) is 16.0 Å². The van der Waals surface area contributed by atoms with Gasteiger partial charge in [0.1, 0.15) is 6.04 Å². The minimum atomic E-state index is -0.380. The van der Waals surface area contributed by atoms with E-state index in [4.69, 9.17) is 4.74 Å². The second kappa shape index (κ2) is 9.09. The number of para-hydroxylation sites is 1. The van der Waals surface area contributed by atoms with Crippen molar-refractivity contribution in [3.05, 3.63) is 65.7 Å². The number of amides is 3. The summed E-state index contributed by atoms with van der Waals surface area (Å²) in [5.41, 5.74) is 3.05. The van der Waals surface area contributed by atoms with Crippen LogP contribution in [0, 0.1) is 0 Å². The number of hydrogen-bond donors (Lipinski definition) is 1. The van der Waals surface area contributed by atoms with Crippen molar-refractivity contribution in [3.63, 3.8) is 0 Å². The Bertz CT molecular complexity index is 849. The van der Waals surface area contributed by atoms with Crippen LogP contribution in [0.2, 0.25) is 0 Å². The number of hydrogen-bond acceptors (Lipinski definition) is 3. The Labute approximate surface area is 171 Å². The summed E-state index contributed by atoms with van der Waals surface area (Å²) in [4.78, 5) is 29.5. The quantitative estimate of drug-likeness (QED) is 0.868. The van der Waals surface area contributed by atoms with Crippen molar-refractivity contribution in [1.29, 1.82) is 0 Å². The summed E-state index contributed by atoms with van der Waals surface area (Å²) in [7, 11) is 0. The smallest absolute Gasteiger partial charge is 0.322 e. The van der Waals surface area contributed by atoms with Crippen LogP contribution < -0.4 is 5.32 Å². The number of nitrogens with zero attached hydrogens (tertiary/aromatic N) is 2. The van der Waals surface area contributed by atoms with Crippen molar-refractivity contribution in [2.24, 2.45) is 0 Å². The molecule has 0 aliphatic carbocycles. The average molecular weight is 393 g/mol. The SMILES string of the molecule is O=C([C@@H]1CCCN1C(=O)Nc1ccccc1Cc1ccccc1)N1CCOCC1. The maximum Gasteiger partial charge on any atom is 0.322 e. The van der Waals surface area contributed by atoms with E-state index in [1.165, 1.54) is 5.56 Å². The van der Waals surface area contributed by atoms with Crippen molar-refractivity contribution in [1.82, 2.24) is 9.80 Å². The van der Waals surface area contributed by atoms with Crippen molar-refractivity contribution in [2.75, 3.05) is 38.2 Å². The van der Waals surface area contributed by atoms with Crippen LogP contribution >= 0.6 is 0 Å². The fourth-order valence-corrected chi connectivity index (χ4v) is 4.06. The molecule has 2 heterocycles. The molecule has 2 aromatic carbocycles. The Morgan fingerprint density at radius 3 is 2.48 bits per heavy atom. The van der Waals surface area contributed by atoms with E-state index < -0.39 is 0 Å². The molecule has 2 aliphatic rings. The number of carbonyl (C=O) groups is 2. The van der Waals surface area contributed by atoms with Gasteiger partial charge in [0.2, 0.25) is 5.91 Å². The number of likely N-dealkylation sites (tertiary alicyclic amines) is 1. The lowest BCUT2D eigenvalue weighted by molar-refractivity contribution is -0.139. The van der Waals surface area contributed by atoms with Gasteiger partial charge >= 0.3 is 6.03 Å². The maximum atomic E-state index is 13.0. The number of morpholine rings is 1. The van der Waals surface area contributed by atoms with Gasteiger partial charge in [0.15, 0.2) is 0 Å². The highest BCUT2D eigenvalue weighted by Gasteiger charge is 2.37. The first-order valence-electron chi connectivity index (χ1n) is 10.3. The molecule has 1 atom stereocenters.